The second-order valence-corrected chi connectivity index (χ2v) is 33.0. The van der Waals surface area contributed by atoms with Crippen molar-refractivity contribution in [2.75, 3.05) is 18.8 Å². The molecular formula is C33H65N5O6Si3. The van der Waals surface area contributed by atoms with E-state index in [2.05, 4.69) is 112 Å². The maximum atomic E-state index is 11.7. The topological polar surface area (TPSA) is 113 Å². The molecule has 1 saturated heterocycles. The highest BCUT2D eigenvalue weighted by Gasteiger charge is 2.56. The van der Waals surface area contributed by atoms with Gasteiger partial charge in [0.05, 0.1) is 19.3 Å². The summed E-state index contributed by atoms with van der Waals surface area (Å²) >= 11 is 0. The molecule has 4 atom stereocenters. The van der Waals surface area contributed by atoms with Gasteiger partial charge < -0.3 is 22.8 Å². The summed E-state index contributed by atoms with van der Waals surface area (Å²) in [5.74, 6) is 0.571. The van der Waals surface area contributed by atoms with Gasteiger partial charge in [-0.2, -0.15) is 4.98 Å². The van der Waals surface area contributed by atoms with Crippen LogP contribution in [0.3, 0.4) is 0 Å². The number of fused-ring (bicyclic) bond motifs is 1. The van der Waals surface area contributed by atoms with Crippen molar-refractivity contribution in [1.82, 2.24) is 19.5 Å². The summed E-state index contributed by atoms with van der Waals surface area (Å²) in [6, 6.07) is 0. The zero-order valence-electron chi connectivity index (χ0n) is 32.8. The summed E-state index contributed by atoms with van der Waals surface area (Å²) < 4.78 is 36.1. The summed E-state index contributed by atoms with van der Waals surface area (Å²) in [6.45, 7) is 39.8. The Kier molecular flexibility index (Phi) is 11.1. The number of hydroxylamine groups is 1. The molecule has 0 radical (unpaired) electrons. The van der Waals surface area contributed by atoms with Crippen molar-refractivity contribution < 1.29 is 28.0 Å². The molecule has 0 amide bonds. The van der Waals surface area contributed by atoms with E-state index in [-0.39, 0.29) is 21.1 Å². The zero-order chi connectivity index (χ0) is 36.3. The van der Waals surface area contributed by atoms with E-state index in [9.17, 15) is 5.21 Å². The average molecular weight is 712 g/mol. The number of ether oxygens (including phenoxy) is 2. The fraction of sp³-hybridized carbons (Fsp3) is 0.848. The van der Waals surface area contributed by atoms with Crippen molar-refractivity contribution in [3.8, 4) is 5.88 Å². The molecule has 1 N–H and O–H groups in total. The molecule has 47 heavy (non-hydrogen) atoms. The number of anilines is 1. The van der Waals surface area contributed by atoms with Crippen LogP contribution in [0, 0.1) is 0 Å². The Morgan fingerprint density at radius 1 is 0.787 bits per heavy atom. The molecule has 0 saturated carbocycles. The summed E-state index contributed by atoms with van der Waals surface area (Å²) in [4.78, 5) is 13.8. The molecule has 3 rings (SSSR count). The fourth-order valence-corrected chi connectivity index (χ4v) is 8.19. The molecule has 1 aliphatic rings. The number of rotatable bonds is 10. The Morgan fingerprint density at radius 2 is 1.28 bits per heavy atom. The van der Waals surface area contributed by atoms with Gasteiger partial charge in [-0.25, -0.2) is 15.0 Å². The van der Waals surface area contributed by atoms with E-state index < -0.39 is 55.0 Å². The molecule has 1 fully saturated rings. The van der Waals surface area contributed by atoms with Crippen LogP contribution in [-0.4, -0.2) is 87.2 Å². The third-order valence-electron chi connectivity index (χ3n) is 10.9. The fourth-order valence-electron chi connectivity index (χ4n) is 4.57. The number of imidazole rings is 1. The van der Waals surface area contributed by atoms with Crippen LogP contribution in [-0.2, 0) is 18.0 Å². The van der Waals surface area contributed by atoms with E-state index >= 15 is 0 Å². The van der Waals surface area contributed by atoms with Crippen molar-refractivity contribution >= 4 is 42.1 Å². The predicted molar refractivity (Wildman–Crippen MR) is 197 cm³/mol. The second kappa shape index (κ2) is 13.1. The monoisotopic (exact) mass is 711 g/mol. The van der Waals surface area contributed by atoms with E-state index in [1.54, 1.807) is 7.11 Å². The highest BCUT2D eigenvalue weighted by molar-refractivity contribution is 6.75. The van der Waals surface area contributed by atoms with Gasteiger partial charge >= 0.3 is 0 Å². The van der Waals surface area contributed by atoms with Crippen molar-refractivity contribution in [2.24, 2.45) is 0 Å². The minimum atomic E-state index is -2.42. The van der Waals surface area contributed by atoms with E-state index in [0.717, 1.165) is 5.06 Å². The van der Waals surface area contributed by atoms with E-state index in [1.807, 2.05) is 25.3 Å². The van der Waals surface area contributed by atoms with E-state index in [4.69, 9.17) is 27.7 Å². The van der Waals surface area contributed by atoms with Gasteiger partial charge in [-0.05, 0) is 75.2 Å². The van der Waals surface area contributed by atoms with Crippen LogP contribution < -0.4 is 9.80 Å². The van der Waals surface area contributed by atoms with Crippen LogP contribution in [0.25, 0.3) is 11.2 Å². The van der Waals surface area contributed by atoms with Gasteiger partial charge in [0.1, 0.15) is 24.6 Å². The van der Waals surface area contributed by atoms with E-state index in [0.29, 0.717) is 23.7 Å². The van der Waals surface area contributed by atoms with Gasteiger partial charge in [0.15, 0.2) is 42.3 Å². The summed E-state index contributed by atoms with van der Waals surface area (Å²) in [7, 11) is -5.38. The minimum absolute atomic E-state index is 0.0170. The van der Waals surface area contributed by atoms with Gasteiger partial charge in [-0.1, -0.05) is 62.3 Å². The summed E-state index contributed by atoms with van der Waals surface area (Å²) in [6.07, 6.45) is -0.751. The van der Waals surface area contributed by atoms with Crippen LogP contribution in [0.5, 0.6) is 5.88 Å². The maximum absolute atomic E-state index is 11.7. The number of hydrogen-bond donors (Lipinski definition) is 1. The molecule has 270 valence electrons. The Morgan fingerprint density at radius 3 is 1.72 bits per heavy atom. The first-order chi connectivity index (χ1) is 21.0. The van der Waals surface area contributed by atoms with E-state index in [1.165, 1.54) is 6.33 Å². The molecule has 0 spiro atoms. The minimum Gasteiger partial charge on any atom is -0.479 e. The lowest BCUT2D eigenvalue weighted by Gasteiger charge is -2.44. The summed E-state index contributed by atoms with van der Waals surface area (Å²) in [5.41, 5.74) is 0.197. The molecule has 0 unspecified atom stereocenters. The Hall–Kier alpha value is -1.40. The lowest BCUT2D eigenvalue weighted by atomic mass is 10.1. The molecule has 2 aromatic rings. The molecule has 0 aromatic carbocycles. The lowest BCUT2D eigenvalue weighted by molar-refractivity contribution is -0.0477. The molecule has 0 bridgehead atoms. The third kappa shape index (κ3) is 8.16. The zero-order valence-corrected chi connectivity index (χ0v) is 35.8. The van der Waals surface area contributed by atoms with Crippen LogP contribution in [0.2, 0.25) is 54.4 Å². The number of aromatic nitrogens is 4. The number of nitrogens with zero attached hydrogens (tertiary/aromatic N) is 5. The van der Waals surface area contributed by atoms with Crippen LogP contribution in [0.4, 0.5) is 5.95 Å². The maximum Gasteiger partial charge on any atom is 0.245 e. The smallest absolute Gasteiger partial charge is 0.245 e. The first-order valence-electron chi connectivity index (χ1n) is 16.9. The lowest BCUT2D eigenvalue weighted by Crippen LogP contribution is -2.54. The SMILES string of the molecule is COc1ncnc2c1nc(N(O)C(C)(C)C)n2[C@@H]1O[C@H](CO[Si](C)(C)C(C)(C)C)[C@@H](O[Si](C)(C)C(C)(C)C)[C@H]1O[Si](C)(C)C(C)(C)C. The van der Waals surface area contributed by atoms with Crippen molar-refractivity contribution in [2.45, 2.75) is 168 Å². The van der Waals surface area contributed by atoms with Crippen molar-refractivity contribution in [3.05, 3.63) is 6.33 Å². The Balaban J connectivity index is 2.35. The Labute approximate surface area is 287 Å². The van der Waals surface area contributed by atoms with Crippen LogP contribution in [0.15, 0.2) is 6.33 Å². The average Bonchev–Trinajstić information content (AvgIpc) is 3.41. The molecular weight excluding hydrogens is 647 g/mol. The number of hydrogen-bond acceptors (Lipinski definition) is 10. The highest BCUT2D eigenvalue weighted by Crippen LogP contribution is 2.48. The molecule has 14 heteroatoms. The Bertz CT molecular complexity index is 1390. The highest BCUT2D eigenvalue weighted by atomic mass is 28.4. The normalized spacial score (nSPS) is 22.3. The molecule has 0 aliphatic carbocycles. The quantitative estimate of drug-likeness (QED) is 0.190. The molecule has 11 nitrogen and oxygen atoms in total. The largest absolute Gasteiger partial charge is 0.479 e. The third-order valence-corrected chi connectivity index (χ3v) is 24.3. The van der Waals surface area contributed by atoms with Crippen molar-refractivity contribution in [1.29, 1.82) is 0 Å². The molecule has 2 aromatic heterocycles. The second-order valence-electron chi connectivity index (χ2n) is 18.6. The van der Waals surface area contributed by atoms with Gasteiger partial charge in [0.25, 0.3) is 0 Å². The molecule has 3 heterocycles. The first-order valence-corrected chi connectivity index (χ1v) is 25.6. The van der Waals surface area contributed by atoms with Crippen LogP contribution >= 0.6 is 0 Å². The van der Waals surface area contributed by atoms with Gasteiger partial charge in [-0.3, -0.25) is 9.77 Å². The predicted octanol–water partition coefficient (Wildman–Crippen LogP) is 8.53. The first kappa shape index (κ1) is 40.0. The van der Waals surface area contributed by atoms with Crippen molar-refractivity contribution in [3.63, 3.8) is 0 Å². The van der Waals surface area contributed by atoms with Crippen LogP contribution in [0.1, 0.15) is 89.3 Å². The van der Waals surface area contributed by atoms with Gasteiger partial charge in [0, 0.05) is 0 Å². The standard InChI is InChI=1S/C33H65N5O6Si3/c1-30(2,3)38(39)29-36-23-26(34-21-35-27(23)40-13)37(29)28-25(44-47(18,19)33(10,11)12)24(43-46(16,17)32(7,8)9)22(42-28)20-41-45(14,15)31(4,5)6/h21-22,24-25,28,39H,20H2,1-19H3/t22-,24-,25-,28-/m1/s1. The van der Waals surface area contributed by atoms with Gasteiger partial charge in [0.2, 0.25) is 11.8 Å². The van der Waals surface area contributed by atoms with Gasteiger partial charge in [-0.15, -0.1) is 0 Å². The number of methoxy groups -OCH3 is 1. The summed E-state index contributed by atoms with van der Waals surface area (Å²) in [5, 5.41) is 12.7. The molecule has 1 aliphatic heterocycles.